The van der Waals surface area contributed by atoms with Crippen LogP contribution in [-0.2, 0) is 11.3 Å². The first-order chi connectivity index (χ1) is 13.9. The van der Waals surface area contributed by atoms with Crippen molar-refractivity contribution in [2.45, 2.75) is 11.7 Å². The van der Waals surface area contributed by atoms with Crippen LogP contribution in [0.2, 0.25) is 10.0 Å². The predicted octanol–water partition coefficient (Wildman–Crippen LogP) is 5.64. The molecule has 0 aliphatic heterocycles. The molecule has 29 heavy (non-hydrogen) atoms. The molecule has 2 aromatic carbocycles. The highest BCUT2D eigenvalue weighted by molar-refractivity contribution is 9.10. The Morgan fingerprint density at radius 1 is 1.28 bits per heavy atom. The summed E-state index contributed by atoms with van der Waals surface area (Å²) in [7, 11) is 0. The van der Waals surface area contributed by atoms with Crippen LogP contribution in [0.25, 0.3) is 11.4 Å². The van der Waals surface area contributed by atoms with Gasteiger partial charge in [0.05, 0.1) is 22.0 Å². The Morgan fingerprint density at radius 3 is 2.83 bits per heavy atom. The summed E-state index contributed by atoms with van der Waals surface area (Å²) in [6.45, 7) is 4.17. The van der Waals surface area contributed by atoms with Gasteiger partial charge in [-0.1, -0.05) is 57.0 Å². The largest absolute Gasteiger partial charge is 0.507 e. The van der Waals surface area contributed by atoms with Crippen LogP contribution in [-0.4, -0.2) is 31.5 Å². The van der Waals surface area contributed by atoms with E-state index in [-0.39, 0.29) is 17.4 Å². The van der Waals surface area contributed by atoms with Gasteiger partial charge < -0.3 is 10.4 Å². The molecule has 3 rings (SSSR count). The molecule has 1 amide bonds. The molecular formula is C19H15BrCl2N4O2S. The van der Waals surface area contributed by atoms with Crippen molar-refractivity contribution in [2.24, 2.45) is 0 Å². The fraction of sp³-hybridized carbons (Fsp3) is 0.105. The van der Waals surface area contributed by atoms with Gasteiger partial charge in [0.2, 0.25) is 5.91 Å². The van der Waals surface area contributed by atoms with Crippen molar-refractivity contribution in [3.05, 3.63) is 63.6 Å². The highest BCUT2D eigenvalue weighted by Crippen LogP contribution is 2.33. The number of carbonyl (C=O) groups excluding carboxylic acids is 1. The van der Waals surface area contributed by atoms with E-state index in [2.05, 4.69) is 38.0 Å². The third-order valence-corrected chi connectivity index (χ3v) is 5.79. The van der Waals surface area contributed by atoms with Gasteiger partial charge in [-0.25, -0.2) is 0 Å². The molecule has 0 unspecified atom stereocenters. The first-order valence-electron chi connectivity index (χ1n) is 8.29. The van der Waals surface area contributed by atoms with Gasteiger partial charge in [-0.05, 0) is 36.4 Å². The summed E-state index contributed by atoms with van der Waals surface area (Å²) in [5.41, 5.74) is 0.966. The number of hydrogen-bond acceptors (Lipinski definition) is 5. The van der Waals surface area contributed by atoms with Crippen molar-refractivity contribution in [3.8, 4) is 17.1 Å². The quantitative estimate of drug-likeness (QED) is 0.316. The van der Waals surface area contributed by atoms with E-state index in [0.717, 1.165) is 4.47 Å². The number of hydrogen-bond donors (Lipinski definition) is 2. The van der Waals surface area contributed by atoms with E-state index in [1.165, 1.54) is 11.8 Å². The number of nitrogens with zero attached hydrogens (tertiary/aromatic N) is 3. The number of amides is 1. The lowest BCUT2D eigenvalue weighted by atomic mass is 10.2. The minimum absolute atomic E-state index is 0.0794. The zero-order valence-corrected chi connectivity index (χ0v) is 18.8. The third-order valence-electron chi connectivity index (χ3n) is 3.76. The molecule has 10 heteroatoms. The number of rotatable bonds is 7. The van der Waals surface area contributed by atoms with Crippen LogP contribution in [0, 0.1) is 0 Å². The fourth-order valence-electron chi connectivity index (χ4n) is 2.49. The summed E-state index contributed by atoms with van der Waals surface area (Å²) >= 11 is 16.6. The third kappa shape index (κ3) is 5.33. The molecule has 0 radical (unpaired) electrons. The lowest BCUT2D eigenvalue weighted by Crippen LogP contribution is -2.15. The molecule has 0 saturated heterocycles. The SMILES string of the molecule is C=CCn1c(SCC(=O)Nc2cc(Cl)ccc2Cl)nnc1-c1cc(Br)ccc1O. The summed E-state index contributed by atoms with van der Waals surface area (Å²) < 4.78 is 2.57. The lowest BCUT2D eigenvalue weighted by molar-refractivity contribution is -0.113. The normalized spacial score (nSPS) is 10.7. The predicted molar refractivity (Wildman–Crippen MR) is 121 cm³/mol. The molecule has 6 nitrogen and oxygen atoms in total. The van der Waals surface area contributed by atoms with Crippen LogP contribution in [0.4, 0.5) is 5.69 Å². The Bertz CT molecular complexity index is 1070. The molecule has 0 fully saturated rings. The van der Waals surface area contributed by atoms with E-state index >= 15 is 0 Å². The molecular weight excluding hydrogens is 499 g/mol. The summed E-state index contributed by atoms with van der Waals surface area (Å²) in [5, 5.41) is 22.7. The molecule has 3 aromatic rings. The van der Waals surface area contributed by atoms with Crippen molar-refractivity contribution in [3.63, 3.8) is 0 Å². The van der Waals surface area contributed by atoms with Gasteiger partial charge in [0.25, 0.3) is 0 Å². The summed E-state index contributed by atoms with van der Waals surface area (Å²) in [5.74, 6) is 0.377. The first kappa shape index (κ1) is 21.7. The number of nitrogens with one attached hydrogen (secondary N) is 1. The second-order valence-electron chi connectivity index (χ2n) is 5.83. The maximum absolute atomic E-state index is 12.3. The number of halogens is 3. The second-order valence-corrected chi connectivity index (χ2v) is 8.53. The lowest BCUT2D eigenvalue weighted by Gasteiger charge is -2.10. The van der Waals surface area contributed by atoms with Gasteiger partial charge in [-0.2, -0.15) is 0 Å². The number of phenolic OH excluding ortho intramolecular Hbond substituents is 1. The standard InChI is InChI=1S/C19H15BrCl2N4O2S/c1-2-7-26-18(13-8-11(20)3-6-16(13)27)24-25-19(26)29-10-17(28)23-15-9-12(21)4-5-14(15)22/h2-6,8-9,27H,1,7,10H2,(H,23,28). The molecule has 0 aliphatic carbocycles. The number of carbonyl (C=O) groups is 1. The fourth-order valence-corrected chi connectivity index (χ4v) is 3.93. The minimum atomic E-state index is -0.265. The van der Waals surface area contributed by atoms with Crippen LogP contribution in [0.15, 0.2) is 58.7 Å². The van der Waals surface area contributed by atoms with E-state index in [4.69, 9.17) is 23.2 Å². The Hall–Kier alpha value is -2.00. The maximum Gasteiger partial charge on any atom is 0.234 e. The average Bonchev–Trinajstić information content (AvgIpc) is 3.08. The van der Waals surface area contributed by atoms with Crippen molar-refractivity contribution < 1.29 is 9.90 Å². The van der Waals surface area contributed by atoms with Gasteiger partial charge in [0, 0.05) is 16.0 Å². The molecule has 2 N–H and O–H groups in total. The Kier molecular flexibility index (Phi) is 7.23. The molecule has 0 saturated carbocycles. The van der Waals surface area contributed by atoms with Crippen molar-refractivity contribution in [1.29, 1.82) is 0 Å². The number of allylic oxidation sites excluding steroid dienone is 1. The topological polar surface area (TPSA) is 80.0 Å². The van der Waals surface area contributed by atoms with Gasteiger partial charge >= 0.3 is 0 Å². The molecule has 1 heterocycles. The van der Waals surface area contributed by atoms with Gasteiger partial charge in [-0.15, -0.1) is 16.8 Å². The maximum atomic E-state index is 12.3. The first-order valence-corrected chi connectivity index (χ1v) is 10.8. The number of phenols is 1. The van der Waals surface area contributed by atoms with Crippen LogP contribution in [0.5, 0.6) is 5.75 Å². The summed E-state index contributed by atoms with van der Waals surface area (Å²) in [6, 6.07) is 9.90. The van der Waals surface area contributed by atoms with Crippen LogP contribution in [0.1, 0.15) is 0 Å². The number of aromatic nitrogens is 3. The summed E-state index contributed by atoms with van der Waals surface area (Å²) in [4.78, 5) is 12.3. The number of benzene rings is 2. The average molecular weight is 514 g/mol. The van der Waals surface area contributed by atoms with Crippen LogP contribution in [0.3, 0.4) is 0 Å². The smallest absolute Gasteiger partial charge is 0.234 e. The Morgan fingerprint density at radius 2 is 2.07 bits per heavy atom. The van der Waals surface area contributed by atoms with Crippen molar-refractivity contribution in [2.75, 3.05) is 11.1 Å². The second kappa shape index (κ2) is 9.67. The molecule has 0 spiro atoms. The summed E-state index contributed by atoms with van der Waals surface area (Å²) in [6.07, 6.45) is 1.69. The molecule has 0 atom stereocenters. The van der Waals surface area contributed by atoms with E-state index in [9.17, 15) is 9.90 Å². The Balaban J connectivity index is 1.78. The van der Waals surface area contributed by atoms with Gasteiger partial charge in [0.15, 0.2) is 11.0 Å². The monoisotopic (exact) mass is 512 g/mol. The van der Waals surface area contributed by atoms with E-state index in [1.54, 1.807) is 47.0 Å². The zero-order valence-electron chi connectivity index (χ0n) is 14.9. The van der Waals surface area contributed by atoms with E-state index in [1.807, 2.05) is 0 Å². The van der Waals surface area contributed by atoms with Crippen LogP contribution < -0.4 is 5.32 Å². The molecule has 0 aliphatic rings. The molecule has 150 valence electrons. The van der Waals surface area contributed by atoms with Crippen LogP contribution >= 0.6 is 50.9 Å². The molecule has 1 aromatic heterocycles. The van der Waals surface area contributed by atoms with E-state index in [0.29, 0.717) is 38.8 Å². The minimum Gasteiger partial charge on any atom is -0.507 e. The van der Waals surface area contributed by atoms with E-state index < -0.39 is 0 Å². The highest BCUT2D eigenvalue weighted by Gasteiger charge is 2.18. The van der Waals surface area contributed by atoms with Gasteiger partial charge in [0.1, 0.15) is 5.75 Å². The van der Waals surface area contributed by atoms with Crippen molar-refractivity contribution >= 4 is 62.5 Å². The van der Waals surface area contributed by atoms with Gasteiger partial charge in [-0.3, -0.25) is 9.36 Å². The highest BCUT2D eigenvalue weighted by atomic mass is 79.9. The zero-order chi connectivity index (χ0) is 21.0. The Labute approximate surface area is 190 Å². The number of thioether (sulfide) groups is 1. The number of aromatic hydroxyl groups is 1. The number of anilines is 1. The van der Waals surface area contributed by atoms with Crippen molar-refractivity contribution in [1.82, 2.24) is 14.8 Å². The molecule has 0 bridgehead atoms.